The molecule has 1 heterocycles. The molecule has 1 fully saturated rings. The summed E-state index contributed by atoms with van der Waals surface area (Å²) in [5.41, 5.74) is 0.608. The summed E-state index contributed by atoms with van der Waals surface area (Å²) in [6.45, 7) is 4.67. The molecule has 1 aromatic carbocycles. The number of hydrogen-bond donors (Lipinski definition) is 0. The first-order valence-corrected chi connectivity index (χ1v) is 7.14. The molecule has 0 radical (unpaired) electrons. The first-order valence-electron chi connectivity index (χ1n) is 7.14. The number of carbonyl (C=O) groups is 1. The molecule has 0 saturated carbocycles. The zero-order valence-electron chi connectivity index (χ0n) is 11.7. The lowest BCUT2D eigenvalue weighted by Gasteiger charge is -2.10. The maximum atomic E-state index is 12.0. The van der Waals surface area contributed by atoms with E-state index in [2.05, 4.69) is 6.92 Å². The van der Waals surface area contributed by atoms with Crippen molar-refractivity contribution in [3.05, 3.63) is 35.9 Å². The number of esters is 1. The molecule has 1 aromatic rings. The second kappa shape index (κ2) is 6.20. The fourth-order valence-electron chi connectivity index (χ4n) is 2.43. The maximum absolute atomic E-state index is 12.0. The van der Waals surface area contributed by atoms with Crippen LogP contribution in [-0.2, 0) is 19.9 Å². The van der Waals surface area contributed by atoms with E-state index < -0.39 is 11.7 Å². The Kier molecular flexibility index (Phi) is 4.59. The van der Waals surface area contributed by atoms with Gasteiger partial charge in [-0.05, 0) is 18.4 Å². The highest BCUT2D eigenvalue weighted by atomic mass is 16.7. The Labute approximate surface area is 114 Å². The van der Waals surface area contributed by atoms with Crippen LogP contribution < -0.4 is 0 Å². The summed E-state index contributed by atoms with van der Waals surface area (Å²) in [6, 6.07) is 9.92. The lowest BCUT2D eigenvalue weighted by Crippen LogP contribution is -2.21. The summed E-state index contributed by atoms with van der Waals surface area (Å²) in [6.07, 6.45) is 3.50. The third kappa shape index (κ3) is 2.98. The van der Waals surface area contributed by atoms with E-state index in [1.165, 1.54) is 0 Å². The summed E-state index contributed by atoms with van der Waals surface area (Å²) in [5, 5.41) is 0. The van der Waals surface area contributed by atoms with E-state index in [4.69, 9.17) is 9.47 Å². The van der Waals surface area contributed by atoms with E-state index >= 15 is 0 Å². The van der Waals surface area contributed by atoms with E-state index in [9.17, 15) is 4.79 Å². The van der Waals surface area contributed by atoms with Gasteiger partial charge in [-0.1, -0.05) is 57.0 Å². The first kappa shape index (κ1) is 14.1. The Hall–Kier alpha value is -1.35. The highest BCUT2D eigenvalue weighted by Gasteiger charge is 2.61. The highest BCUT2D eigenvalue weighted by molar-refractivity contribution is 5.80. The number of unbranched alkanes of at least 4 members (excludes halogenated alkanes) is 2. The van der Waals surface area contributed by atoms with Crippen molar-refractivity contribution in [1.82, 2.24) is 0 Å². The molecule has 0 N–H and O–H groups in total. The summed E-state index contributed by atoms with van der Waals surface area (Å²) in [4.78, 5) is 12.0. The van der Waals surface area contributed by atoms with E-state index in [-0.39, 0.29) is 5.97 Å². The lowest BCUT2D eigenvalue weighted by molar-refractivity contribution is -0.145. The van der Waals surface area contributed by atoms with E-state index in [0.717, 1.165) is 31.2 Å². The van der Waals surface area contributed by atoms with Crippen LogP contribution in [0.5, 0.6) is 0 Å². The molecule has 2 atom stereocenters. The minimum atomic E-state index is -0.455. The quantitative estimate of drug-likeness (QED) is 0.429. The van der Waals surface area contributed by atoms with Crippen molar-refractivity contribution < 1.29 is 14.3 Å². The Balaban J connectivity index is 1.91. The Morgan fingerprint density at radius 1 is 1.26 bits per heavy atom. The summed E-state index contributed by atoms with van der Waals surface area (Å²) in [5.74, 6) is -0.221. The summed E-state index contributed by atoms with van der Waals surface area (Å²) >= 11 is 0. The van der Waals surface area contributed by atoms with Crippen LogP contribution >= 0.6 is 0 Å². The van der Waals surface area contributed by atoms with Gasteiger partial charge < -0.3 is 9.47 Å². The van der Waals surface area contributed by atoms with Gasteiger partial charge in [0.05, 0.1) is 6.61 Å². The van der Waals surface area contributed by atoms with Crippen LogP contribution in [0.2, 0.25) is 0 Å². The average molecular weight is 262 g/mol. The van der Waals surface area contributed by atoms with Crippen LogP contribution in [0, 0.1) is 0 Å². The van der Waals surface area contributed by atoms with Crippen molar-refractivity contribution in [2.45, 2.75) is 51.2 Å². The number of carbonyl (C=O) groups excluding carboxylic acids is 1. The monoisotopic (exact) mass is 262 g/mol. The van der Waals surface area contributed by atoms with Gasteiger partial charge in [-0.2, -0.15) is 0 Å². The van der Waals surface area contributed by atoms with Crippen LogP contribution in [0.25, 0.3) is 0 Å². The largest absolute Gasteiger partial charge is 0.464 e. The van der Waals surface area contributed by atoms with Crippen molar-refractivity contribution in [2.24, 2.45) is 0 Å². The molecule has 0 amide bonds. The van der Waals surface area contributed by atoms with Crippen LogP contribution in [0.1, 0.15) is 45.1 Å². The number of benzene rings is 1. The van der Waals surface area contributed by atoms with Crippen molar-refractivity contribution in [1.29, 1.82) is 0 Å². The molecule has 3 nitrogen and oxygen atoms in total. The van der Waals surface area contributed by atoms with Crippen LogP contribution in [0.3, 0.4) is 0 Å². The zero-order chi connectivity index (χ0) is 13.7. The summed E-state index contributed by atoms with van der Waals surface area (Å²) < 4.78 is 11.0. The first-order chi connectivity index (χ1) is 9.24. The molecule has 0 spiro atoms. The predicted octanol–water partition coefficient (Wildman–Crippen LogP) is 3.42. The van der Waals surface area contributed by atoms with Gasteiger partial charge in [0.15, 0.2) is 6.10 Å². The van der Waals surface area contributed by atoms with Crippen molar-refractivity contribution >= 4 is 5.97 Å². The van der Waals surface area contributed by atoms with Gasteiger partial charge >= 0.3 is 5.97 Å². The third-order valence-corrected chi connectivity index (χ3v) is 3.69. The molecular formula is C16H22O3. The van der Waals surface area contributed by atoms with Gasteiger partial charge in [0.1, 0.15) is 5.60 Å². The average Bonchev–Trinajstić information content (AvgIpc) is 3.20. The van der Waals surface area contributed by atoms with Gasteiger partial charge in [-0.15, -0.1) is 0 Å². The third-order valence-electron chi connectivity index (χ3n) is 3.69. The smallest absolute Gasteiger partial charge is 0.338 e. The standard InChI is InChI=1S/C16H22O3/c1-3-5-9-12-18-15(17)14-16(4-2,19-14)13-10-7-6-8-11-13/h6-8,10-11,14H,3-5,9,12H2,1-2H3/t14-,16-/m0/s1. The van der Waals surface area contributed by atoms with Crippen molar-refractivity contribution in [3.8, 4) is 0 Å². The molecule has 1 aliphatic rings. The Morgan fingerprint density at radius 2 is 2.00 bits per heavy atom. The second-order valence-corrected chi connectivity index (χ2v) is 4.98. The van der Waals surface area contributed by atoms with Gasteiger partial charge in [0.2, 0.25) is 0 Å². The lowest BCUT2D eigenvalue weighted by atomic mass is 9.93. The molecule has 0 unspecified atom stereocenters. The Morgan fingerprint density at radius 3 is 2.63 bits per heavy atom. The molecule has 1 saturated heterocycles. The number of hydrogen-bond acceptors (Lipinski definition) is 3. The fraction of sp³-hybridized carbons (Fsp3) is 0.562. The highest BCUT2D eigenvalue weighted by Crippen LogP contribution is 2.49. The predicted molar refractivity (Wildman–Crippen MR) is 73.8 cm³/mol. The minimum absolute atomic E-state index is 0.221. The molecule has 1 aliphatic heterocycles. The van der Waals surface area contributed by atoms with Gasteiger partial charge in [-0.25, -0.2) is 4.79 Å². The number of rotatable bonds is 7. The molecule has 104 valence electrons. The minimum Gasteiger partial charge on any atom is -0.464 e. The number of epoxide rings is 1. The molecule has 0 bridgehead atoms. The van der Waals surface area contributed by atoms with Gasteiger partial charge in [-0.3, -0.25) is 0 Å². The SMILES string of the molecule is CCCCCOC(=O)[C@@H]1O[C@@]1(CC)c1ccccc1. The zero-order valence-corrected chi connectivity index (χ0v) is 11.7. The normalized spacial score (nSPS) is 25.1. The second-order valence-electron chi connectivity index (χ2n) is 4.98. The Bertz CT molecular complexity index is 415. The molecule has 19 heavy (non-hydrogen) atoms. The molecule has 0 aromatic heterocycles. The topological polar surface area (TPSA) is 38.8 Å². The molecule has 3 heteroatoms. The number of ether oxygens (including phenoxy) is 2. The molecular weight excluding hydrogens is 240 g/mol. The van der Waals surface area contributed by atoms with Crippen LogP contribution in [-0.4, -0.2) is 18.7 Å². The summed E-state index contributed by atoms with van der Waals surface area (Å²) in [7, 11) is 0. The van der Waals surface area contributed by atoms with Gasteiger partial charge in [0, 0.05) is 0 Å². The van der Waals surface area contributed by atoms with E-state index in [1.54, 1.807) is 0 Å². The van der Waals surface area contributed by atoms with Crippen LogP contribution in [0.4, 0.5) is 0 Å². The molecule has 2 rings (SSSR count). The maximum Gasteiger partial charge on any atom is 0.338 e. The van der Waals surface area contributed by atoms with Crippen molar-refractivity contribution in [2.75, 3.05) is 6.61 Å². The van der Waals surface area contributed by atoms with Crippen molar-refractivity contribution in [3.63, 3.8) is 0 Å². The fourth-order valence-corrected chi connectivity index (χ4v) is 2.43. The van der Waals surface area contributed by atoms with Crippen LogP contribution in [0.15, 0.2) is 30.3 Å². The molecule has 0 aliphatic carbocycles. The van der Waals surface area contributed by atoms with Gasteiger partial charge in [0.25, 0.3) is 0 Å². The van der Waals surface area contributed by atoms with E-state index in [0.29, 0.717) is 6.61 Å². The van der Waals surface area contributed by atoms with E-state index in [1.807, 2.05) is 37.3 Å².